The monoisotopic (exact) mass is 259 g/mol. The molecule has 1 aromatic rings. The van der Waals surface area contributed by atoms with Crippen molar-refractivity contribution in [1.82, 2.24) is 4.90 Å². The molecule has 1 heterocycles. The first-order chi connectivity index (χ1) is 8.85. The van der Waals surface area contributed by atoms with Crippen LogP contribution in [0, 0.1) is 0 Å². The molecule has 0 bridgehead atoms. The molecule has 2 radical (unpaired) electrons. The minimum absolute atomic E-state index is 0.327. The first-order valence-electron chi connectivity index (χ1n) is 6.34. The van der Waals surface area contributed by atoms with Crippen molar-refractivity contribution in [2.75, 3.05) is 13.2 Å². The predicted octanol–water partition coefficient (Wildman–Crippen LogP) is 1.61. The summed E-state index contributed by atoms with van der Waals surface area (Å²) in [5.41, 5.74) is 1.07. The van der Waals surface area contributed by atoms with Crippen LogP contribution in [0.15, 0.2) is 18.2 Å². The number of carbonyl (C=O) groups excluding carboxylic acids is 1. The highest BCUT2D eigenvalue weighted by Gasteiger charge is 2.24. The molecule has 1 aliphatic rings. The van der Waals surface area contributed by atoms with Crippen molar-refractivity contribution in [2.24, 2.45) is 0 Å². The zero-order valence-electron chi connectivity index (χ0n) is 11.6. The lowest BCUT2D eigenvalue weighted by Gasteiger charge is -2.26. The van der Waals surface area contributed by atoms with Crippen LogP contribution < -0.4 is 10.2 Å². The van der Waals surface area contributed by atoms with Gasteiger partial charge in [-0.25, -0.2) is 4.79 Å². The molecule has 19 heavy (non-hydrogen) atoms. The number of amides is 1. The van der Waals surface area contributed by atoms with Gasteiger partial charge < -0.3 is 14.4 Å². The van der Waals surface area contributed by atoms with Gasteiger partial charge in [0.25, 0.3) is 0 Å². The molecule has 0 spiro atoms. The Morgan fingerprint density at radius 2 is 2.16 bits per heavy atom. The zero-order chi connectivity index (χ0) is 14.0. The summed E-state index contributed by atoms with van der Waals surface area (Å²) in [5, 5.41) is 0. The molecule has 0 aliphatic carbocycles. The molecule has 1 aromatic carbocycles. The molecule has 5 heteroatoms. The van der Waals surface area contributed by atoms with Crippen molar-refractivity contribution in [1.29, 1.82) is 0 Å². The minimum Gasteiger partial charge on any atom is -0.491 e. The third-order valence-electron chi connectivity index (χ3n) is 2.72. The fourth-order valence-electron chi connectivity index (χ4n) is 1.90. The number of ether oxygens (including phenoxy) is 2. The van der Waals surface area contributed by atoms with Crippen LogP contribution in [0.4, 0.5) is 4.79 Å². The molecule has 1 amide bonds. The van der Waals surface area contributed by atoms with Crippen LogP contribution in [0.2, 0.25) is 0 Å². The van der Waals surface area contributed by atoms with Gasteiger partial charge in [-0.15, -0.1) is 0 Å². The molecular formula is C14H18BNO3. The Bertz CT molecular complexity index is 482. The van der Waals surface area contributed by atoms with Gasteiger partial charge in [0.15, 0.2) is 0 Å². The molecular weight excluding hydrogens is 241 g/mol. The standard InChI is InChI=1S/C14H18BNO3/c1-14(2,3)19-13(17)16-6-7-18-12-5-4-11(15)8-10(12)9-16/h4-5,8H,6-7,9H2,1-3H3. The molecule has 0 saturated heterocycles. The molecule has 0 aromatic heterocycles. The second-order valence-electron chi connectivity index (χ2n) is 5.62. The number of carbonyl (C=O) groups is 1. The van der Waals surface area contributed by atoms with Gasteiger partial charge in [-0.05, 0) is 26.8 Å². The Morgan fingerprint density at radius 1 is 1.42 bits per heavy atom. The molecule has 0 saturated carbocycles. The van der Waals surface area contributed by atoms with Gasteiger partial charge in [0.1, 0.15) is 25.8 Å². The Balaban J connectivity index is 2.15. The summed E-state index contributed by atoms with van der Waals surface area (Å²) in [6, 6.07) is 5.46. The van der Waals surface area contributed by atoms with Gasteiger partial charge in [0.05, 0.1) is 13.1 Å². The van der Waals surface area contributed by atoms with Crippen molar-refractivity contribution in [3.8, 4) is 5.75 Å². The maximum Gasteiger partial charge on any atom is 0.410 e. The van der Waals surface area contributed by atoms with Crippen molar-refractivity contribution in [3.05, 3.63) is 23.8 Å². The van der Waals surface area contributed by atoms with Crippen molar-refractivity contribution in [2.45, 2.75) is 32.9 Å². The fourth-order valence-corrected chi connectivity index (χ4v) is 1.90. The normalized spacial score (nSPS) is 15.2. The molecule has 1 aliphatic heterocycles. The van der Waals surface area contributed by atoms with Crippen LogP contribution in [0.3, 0.4) is 0 Å². The lowest BCUT2D eigenvalue weighted by Crippen LogP contribution is -2.37. The number of nitrogens with zero attached hydrogens (tertiary/aromatic N) is 1. The van der Waals surface area contributed by atoms with E-state index in [2.05, 4.69) is 0 Å². The van der Waals surface area contributed by atoms with E-state index >= 15 is 0 Å². The number of hydrogen-bond donors (Lipinski definition) is 0. The second kappa shape index (κ2) is 5.15. The number of benzene rings is 1. The Kier molecular flexibility index (Phi) is 3.74. The number of fused-ring (bicyclic) bond motifs is 1. The van der Waals surface area contributed by atoms with Gasteiger partial charge in [0, 0.05) is 5.56 Å². The highest BCUT2D eigenvalue weighted by atomic mass is 16.6. The highest BCUT2D eigenvalue weighted by molar-refractivity contribution is 6.32. The highest BCUT2D eigenvalue weighted by Crippen LogP contribution is 2.22. The topological polar surface area (TPSA) is 38.8 Å². The summed E-state index contributed by atoms with van der Waals surface area (Å²) in [6.07, 6.45) is -0.327. The Morgan fingerprint density at radius 3 is 2.84 bits per heavy atom. The molecule has 0 N–H and O–H groups in total. The third-order valence-corrected chi connectivity index (χ3v) is 2.72. The molecule has 100 valence electrons. The average molecular weight is 259 g/mol. The Hall–Kier alpha value is -1.65. The van der Waals surface area contributed by atoms with Crippen molar-refractivity contribution in [3.63, 3.8) is 0 Å². The van der Waals surface area contributed by atoms with Crippen molar-refractivity contribution < 1.29 is 14.3 Å². The van der Waals surface area contributed by atoms with Gasteiger partial charge in [-0.1, -0.05) is 17.6 Å². The summed E-state index contributed by atoms with van der Waals surface area (Å²) >= 11 is 0. The third kappa shape index (κ3) is 3.66. The molecule has 0 atom stereocenters. The summed E-state index contributed by atoms with van der Waals surface area (Å²) < 4.78 is 11.0. The summed E-state index contributed by atoms with van der Waals surface area (Å²) in [7, 11) is 5.77. The summed E-state index contributed by atoms with van der Waals surface area (Å²) in [5.74, 6) is 0.778. The maximum absolute atomic E-state index is 12.1. The van der Waals surface area contributed by atoms with E-state index in [1.54, 1.807) is 11.0 Å². The lowest BCUT2D eigenvalue weighted by atomic mass is 9.94. The van der Waals surface area contributed by atoms with Crippen LogP contribution >= 0.6 is 0 Å². The van der Waals surface area contributed by atoms with Gasteiger partial charge in [-0.2, -0.15) is 0 Å². The van der Waals surface area contributed by atoms with E-state index in [0.717, 1.165) is 11.3 Å². The quantitative estimate of drug-likeness (QED) is 0.664. The van der Waals surface area contributed by atoms with Gasteiger partial charge >= 0.3 is 6.09 Å². The van der Waals surface area contributed by atoms with Crippen LogP contribution in [-0.2, 0) is 11.3 Å². The second-order valence-corrected chi connectivity index (χ2v) is 5.62. The Labute approximate surface area is 115 Å². The molecule has 0 unspecified atom stereocenters. The van der Waals surface area contributed by atoms with Gasteiger partial charge in [0.2, 0.25) is 0 Å². The average Bonchev–Trinajstić information content (AvgIpc) is 2.48. The van der Waals surface area contributed by atoms with E-state index in [4.69, 9.17) is 17.3 Å². The smallest absolute Gasteiger partial charge is 0.410 e. The van der Waals surface area contributed by atoms with Crippen LogP contribution in [0.25, 0.3) is 0 Å². The number of rotatable bonds is 0. The maximum atomic E-state index is 12.1. The van der Waals surface area contributed by atoms with E-state index in [9.17, 15) is 4.79 Å². The zero-order valence-corrected chi connectivity index (χ0v) is 11.6. The number of hydrogen-bond acceptors (Lipinski definition) is 3. The first-order valence-corrected chi connectivity index (χ1v) is 6.34. The van der Waals surface area contributed by atoms with Gasteiger partial charge in [-0.3, -0.25) is 0 Å². The predicted molar refractivity (Wildman–Crippen MR) is 74.0 cm³/mol. The fraction of sp³-hybridized carbons (Fsp3) is 0.500. The lowest BCUT2D eigenvalue weighted by molar-refractivity contribution is 0.0225. The summed E-state index contributed by atoms with van der Waals surface area (Å²) in [6.45, 7) is 6.97. The molecule has 4 nitrogen and oxygen atoms in total. The molecule has 2 rings (SSSR count). The SMILES string of the molecule is [B]c1ccc2c(c1)CN(C(=O)OC(C)(C)C)CCO2. The molecule has 0 fully saturated rings. The van der Waals surface area contributed by atoms with E-state index in [1.165, 1.54) is 0 Å². The summed E-state index contributed by atoms with van der Waals surface area (Å²) in [4.78, 5) is 13.7. The van der Waals surface area contributed by atoms with E-state index < -0.39 is 5.60 Å². The first kappa shape index (κ1) is 13.8. The van der Waals surface area contributed by atoms with Crippen LogP contribution in [0.5, 0.6) is 5.75 Å². The van der Waals surface area contributed by atoms with E-state index in [1.807, 2.05) is 32.9 Å². The minimum atomic E-state index is -0.497. The van der Waals surface area contributed by atoms with E-state index in [0.29, 0.717) is 25.2 Å². The largest absolute Gasteiger partial charge is 0.491 e. The van der Waals surface area contributed by atoms with Crippen molar-refractivity contribution >= 4 is 19.4 Å². The van der Waals surface area contributed by atoms with Crippen LogP contribution in [0.1, 0.15) is 26.3 Å². The van der Waals surface area contributed by atoms with E-state index in [-0.39, 0.29) is 6.09 Å². The van der Waals surface area contributed by atoms with Crippen LogP contribution in [-0.4, -0.2) is 37.6 Å².